The summed E-state index contributed by atoms with van der Waals surface area (Å²) >= 11 is 0. The zero-order valence-corrected chi connectivity index (χ0v) is 8.88. The summed E-state index contributed by atoms with van der Waals surface area (Å²) in [5.74, 6) is 0. The molecule has 0 aromatic carbocycles. The van der Waals surface area contributed by atoms with E-state index in [0.29, 0.717) is 11.2 Å². The third-order valence-corrected chi connectivity index (χ3v) is 2.88. The highest BCUT2D eigenvalue weighted by Crippen LogP contribution is 2.29. The maximum atomic E-state index is 11.5. The van der Waals surface area contributed by atoms with Gasteiger partial charge in [0.2, 0.25) is 0 Å². The quantitative estimate of drug-likeness (QED) is 0.772. The molecule has 16 heavy (non-hydrogen) atoms. The Morgan fingerprint density at radius 2 is 2.38 bits per heavy atom. The molecule has 0 saturated carbocycles. The second-order valence-electron chi connectivity index (χ2n) is 4.03. The summed E-state index contributed by atoms with van der Waals surface area (Å²) in [6.07, 6.45) is 5.17. The van der Waals surface area contributed by atoms with Crippen LogP contribution < -0.4 is 5.56 Å². The minimum Gasteiger partial charge on any atom is -0.355 e. The van der Waals surface area contributed by atoms with Crippen LogP contribution in [0.25, 0.3) is 11.2 Å². The van der Waals surface area contributed by atoms with Gasteiger partial charge in [0.1, 0.15) is 6.23 Å². The minimum absolute atomic E-state index is 0.0469. The summed E-state index contributed by atoms with van der Waals surface area (Å²) < 4.78 is 7.55. The van der Waals surface area contributed by atoms with Crippen LogP contribution in [0.5, 0.6) is 0 Å². The first-order valence-corrected chi connectivity index (χ1v) is 5.31. The molecule has 1 unspecified atom stereocenters. The maximum Gasteiger partial charge on any atom is 0.278 e. The summed E-state index contributed by atoms with van der Waals surface area (Å²) in [4.78, 5) is 22.2. The van der Waals surface area contributed by atoms with Crippen molar-refractivity contribution < 1.29 is 4.74 Å². The van der Waals surface area contributed by atoms with E-state index in [1.165, 1.54) is 6.33 Å². The Hall–Kier alpha value is -1.69. The molecule has 1 fully saturated rings. The van der Waals surface area contributed by atoms with Gasteiger partial charge in [-0.1, -0.05) is 0 Å². The predicted octanol–water partition coefficient (Wildman–Crippen LogP) is 0.817. The van der Waals surface area contributed by atoms with Gasteiger partial charge < -0.3 is 9.72 Å². The zero-order valence-electron chi connectivity index (χ0n) is 8.88. The van der Waals surface area contributed by atoms with Gasteiger partial charge in [0, 0.05) is 0 Å². The van der Waals surface area contributed by atoms with Crippen molar-refractivity contribution in [3.05, 3.63) is 23.0 Å². The number of H-pyrrole nitrogens is 1. The maximum absolute atomic E-state index is 11.5. The number of imidazole rings is 1. The van der Waals surface area contributed by atoms with Gasteiger partial charge in [0.15, 0.2) is 11.2 Å². The van der Waals surface area contributed by atoms with Gasteiger partial charge in [-0.25, -0.2) is 9.97 Å². The number of aromatic nitrogens is 4. The van der Waals surface area contributed by atoms with Gasteiger partial charge in [-0.2, -0.15) is 0 Å². The summed E-state index contributed by atoms with van der Waals surface area (Å²) in [5, 5.41) is 0. The standard InChI is InChI=1S/C10H12N4O2/c1-6-2-3-7(16-6)14-5-13-8-9(14)11-4-12-10(8)15/h4-7H,2-3H2,1H3,(H,11,12,15)/t6-,7?/m1/s1. The van der Waals surface area contributed by atoms with Gasteiger partial charge in [-0.3, -0.25) is 9.36 Å². The molecule has 3 heterocycles. The van der Waals surface area contributed by atoms with Gasteiger partial charge in [-0.05, 0) is 19.8 Å². The number of rotatable bonds is 1. The van der Waals surface area contributed by atoms with E-state index in [1.807, 2.05) is 11.5 Å². The summed E-state index contributed by atoms with van der Waals surface area (Å²) in [7, 11) is 0. The Balaban J connectivity index is 2.11. The molecule has 2 aromatic heterocycles. The molecule has 6 heteroatoms. The van der Waals surface area contributed by atoms with E-state index in [1.54, 1.807) is 6.33 Å². The third-order valence-electron chi connectivity index (χ3n) is 2.88. The van der Waals surface area contributed by atoms with E-state index in [4.69, 9.17) is 4.74 Å². The lowest BCUT2D eigenvalue weighted by atomic mass is 10.2. The van der Waals surface area contributed by atoms with Gasteiger partial charge in [-0.15, -0.1) is 0 Å². The average molecular weight is 220 g/mol. The number of hydrogen-bond acceptors (Lipinski definition) is 4. The van der Waals surface area contributed by atoms with Crippen LogP contribution >= 0.6 is 0 Å². The molecule has 0 amide bonds. The van der Waals surface area contributed by atoms with Gasteiger partial charge in [0.05, 0.1) is 18.8 Å². The van der Waals surface area contributed by atoms with Crippen molar-refractivity contribution in [2.75, 3.05) is 0 Å². The number of ether oxygens (including phenoxy) is 1. The van der Waals surface area contributed by atoms with E-state index in [2.05, 4.69) is 15.0 Å². The normalized spacial score (nSPS) is 25.3. The molecule has 3 rings (SSSR count). The molecule has 0 radical (unpaired) electrons. The van der Waals surface area contributed by atoms with Crippen molar-refractivity contribution in [1.82, 2.24) is 19.5 Å². The fraction of sp³-hybridized carbons (Fsp3) is 0.500. The topological polar surface area (TPSA) is 72.8 Å². The molecule has 0 spiro atoms. The molecular formula is C10H12N4O2. The molecule has 0 bridgehead atoms. The molecule has 1 aliphatic heterocycles. The average Bonchev–Trinajstić information content (AvgIpc) is 2.84. The lowest BCUT2D eigenvalue weighted by Crippen LogP contribution is -2.11. The van der Waals surface area contributed by atoms with E-state index in [9.17, 15) is 4.79 Å². The van der Waals surface area contributed by atoms with Crippen LogP contribution in [0, 0.1) is 0 Å². The van der Waals surface area contributed by atoms with Crippen LogP contribution in [0.2, 0.25) is 0 Å². The fourth-order valence-corrected chi connectivity index (χ4v) is 2.06. The van der Waals surface area contributed by atoms with Crippen LogP contribution in [-0.4, -0.2) is 25.6 Å². The Labute approximate surface area is 91.3 Å². The van der Waals surface area contributed by atoms with Crippen molar-refractivity contribution in [1.29, 1.82) is 0 Å². The molecule has 2 aromatic rings. The van der Waals surface area contributed by atoms with E-state index < -0.39 is 0 Å². The van der Waals surface area contributed by atoms with Crippen LogP contribution in [0.1, 0.15) is 26.0 Å². The third kappa shape index (κ3) is 1.34. The monoisotopic (exact) mass is 220 g/mol. The van der Waals surface area contributed by atoms with Crippen molar-refractivity contribution in [2.45, 2.75) is 32.1 Å². The molecule has 1 saturated heterocycles. The number of hydrogen-bond donors (Lipinski definition) is 1. The molecule has 0 aliphatic carbocycles. The van der Waals surface area contributed by atoms with Crippen LogP contribution in [0.4, 0.5) is 0 Å². The van der Waals surface area contributed by atoms with Gasteiger partial charge in [0.25, 0.3) is 5.56 Å². The van der Waals surface area contributed by atoms with Crippen LogP contribution in [0.3, 0.4) is 0 Å². The zero-order chi connectivity index (χ0) is 11.1. The van der Waals surface area contributed by atoms with Crippen LogP contribution in [0.15, 0.2) is 17.4 Å². The molecular weight excluding hydrogens is 208 g/mol. The largest absolute Gasteiger partial charge is 0.355 e. The highest BCUT2D eigenvalue weighted by Gasteiger charge is 2.25. The number of nitrogens with one attached hydrogen (secondary N) is 1. The molecule has 1 N–H and O–H groups in total. The smallest absolute Gasteiger partial charge is 0.278 e. The highest BCUT2D eigenvalue weighted by molar-refractivity contribution is 5.68. The van der Waals surface area contributed by atoms with E-state index >= 15 is 0 Å². The SMILES string of the molecule is C[C@@H]1CCC(n2cnc3c(=O)[nH]cnc32)O1. The first-order chi connectivity index (χ1) is 7.75. The Bertz CT molecular complexity index is 573. The van der Waals surface area contributed by atoms with Crippen LogP contribution in [-0.2, 0) is 4.74 Å². The van der Waals surface area contributed by atoms with E-state index in [-0.39, 0.29) is 17.9 Å². The minimum atomic E-state index is -0.213. The first kappa shape index (κ1) is 9.53. The predicted molar refractivity (Wildman–Crippen MR) is 57.0 cm³/mol. The highest BCUT2D eigenvalue weighted by atomic mass is 16.5. The lowest BCUT2D eigenvalue weighted by molar-refractivity contribution is 0.0131. The van der Waals surface area contributed by atoms with Crippen molar-refractivity contribution in [2.24, 2.45) is 0 Å². The second kappa shape index (κ2) is 3.41. The summed E-state index contributed by atoms with van der Waals surface area (Å²) in [5.41, 5.74) is 0.739. The van der Waals surface area contributed by atoms with Crippen molar-refractivity contribution in [3.8, 4) is 0 Å². The molecule has 1 aliphatic rings. The molecule has 2 atom stereocenters. The van der Waals surface area contributed by atoms with Gasteiger partial charge >= 0.3 is 0 Å². The second-order valence-corrected chi connectivity index (χ2v) is 4.03. The summed E-state index contributed by atoms with van der Waals surface area (Å²) in [6.45, 7) is 2.04. The summed E-state index contributed by atoms with van der Waals surface area (Å²) in [6, 6.07) is 0. The van der Waals surface area contributed by atoms with Crippen molar-refractivity contribution in [3.63, 3.8) is 0 Å². The fourth-order valence-electron chi connectivity index (χ4n) is 2.06. The number of fused-ring (bicyclic) bond motifs is 1. The Kier molecular flexibility index (Phi) is 2.03. The lowest BCUT2D eigenvalue weighted by Gasteiger charge is -2.12. The van der Waals surface area contributed by atoms with E-state index in [0.717, 1.165) is 12.8 Å². The Morgan fingerprint density at radius 3 is 3.12 bits per heavy atom. The number of aromatic amines is 1. The molecule has 84 valence electrons. The Morgan fingerprint density at radius 1 is 1.50 bits per heavy atom. The van der Waals surface area contributed by atoms with Crippen molar-refractivity contribution >= 4 is 11.2 Å². The first-order valence-electron chi connectivity index (χ1n) is 5.31. The molecule has 6 nitrogen and oxygen atoms in total. The number of nitrogens with zero attached hydrogens (tertiary/aromatic N) is 3.